The molecule has 9 heteroatoms. The van der Waals surface area contributed by atoms with Crippen LogP contribution in [0.1, 0.15) is 5.69 Å². The Morgan fingerprint density at radius 1 is 1.69 bits per heavy atom. The van der Waals surface area contributed by atoms with Crippen molar-refractivity contribution in [1.82, 2.24) is 9.78 Å². The first-order valence-corrected chi connectivity index (χ1v) is 6.00. The standard InChI is InChI=1S/C7H10N3O5S/c1-3-9-6(5-15-16(2,13)14)4-7(8-9)10(11)12/h4H,1,3,5H2,2H3. The van der Waals surface area contributed by atoms with Crippen LogP contribution in [0.3, 0.4) is 0 Å². The monoisotopic (exact) mass is 248 g/mol. The summed E-state index contributed by atoms with van der Waals surface area (Å²) >= 11 is 0. The topological polar surface area (TPSA) is 104 Å². The van der Waals surface area contributed by atoms with E-state index in [1.165, 1.54) is 4.68 Å². The Bertz CT molecular complexity index is 492. The Morgan fingerprint density at radius 2 is 2.31 bits per heavy atom. The van der Waals surface area contributed by atoms with E-state index in [1.807, 2.05) is 0 Å². The maximum absolute atomic E-state index is 10.7. The van der Waals surface area contributed by atoms with E-state index in [4.69, 9.17) is 0 Å². The second-order valence-electron chi connectivity index (χ2n) is 2.94. The Morgan fingerprint density at radius 3 is 2.75 bits per heavy atom. The van der Waals surface area contributed by atoms with Crippen LogP contribution in [0.4, 0.5) is 5.82 Å². The quantitative estimate of drug-likeness (QED) is 0.416. The molecule has 1 rings (SSSR count). The first kappa shape index (κ1) is 12.6. The molecule has 0 N–H and O–H groups in total. The molecule has 8 nitrogen and oxygen atoms in total. The molecule has 0 aliphatic rings. The fraction of sp³-hybridized carbons (Fsp3) is 0.429. The predicted molar refractivity (Wildman–Crippen MR) is 53.9 cm³/mol. The van der Waals surface area contributed by atoms with Crippen LogP contribution in [0.5, 0.6) is 0 Å². The lowest BCUT2D eigenvalue weighted by atomic mass is 10.4. The van der Waals surface area contributed by atoms with Gasteiger partial charge >= 0.3 is 5.82 Å². The van der Waals surface area contributed by atoms with Crippen molar-refractivity contribution in [2.75, 3.05) is 6.26 Å². The molecule has 0 aliphatic heterocycles. The number of nitro groups is 1. The minimum absolute atomic E-state index is 0.149. The first-order valence-electron chi connectivity index (χ1n) is 4.18. The first-order chi connectivity index (χ1) is 7.33. The molecule has 0 saturated heterocycles. The van der Waals surface area contributed by atoms with E-state index in [2.05, 4.69) is 16.2 Å². The summed E-state index contributed by atoms with van der Waals surface area (Å²) in [6, 6.07) is 1.15. The van der Waals surface area contributed by atoms with Crippen LogP contribution < -0.4 is 0 Å². The highest BCUT2D eigenvalue weighted by atomic mass is 32.2. The molecule has 1 radical (unpaired) electrons. The molecule has 1 heterocycles. The fourth-order valence-electron chi connectivity index (χ4n) is 1.01. The molecular formula is C7H10N3O5S. The number of rotatable bonds is 5. The van der Waals surface area contributed by atoms with Crippen LogP contribution >= 0.6 is 0 Å². The van der Waals surface area contributed by atoms with Gasteiger partial charge in [0.05, 0.1) is 29.7 Å². The summed E-state index contributed by atoms with van der Waals surface area (Å²) in [5.41, 5.74) is 0.284. The predicted octanol–water partition coefficient (Wildman–Crippen LogP) is 0.102. The normalized spacial score (nSPS) is 11.6. The van der Waals surface area contributed by atoms with Gasteiger partial charge in [-0.1, -0.05) is 0 Å². The number of aromatic nitrogens is 2. The number of hydrogen-bond acceptors (Lipinski definition) is 6. The molecule has 0 amide bonds. The van der Waals surface area contributed by atoms with Crippen molar-refractivity contribution in [1.29, 1.82) is 0 Å². The second kappa shape index (κ2) is 4.58. The molecule has 1 aromatic heterocycles. The molecule has 89 valence electrons. The van der Waals surface area contributed by atoms with Crippen LogP contribution in [0.15, 0.2) is 6.07 Å². The van der Waals surface area contributed by atoms with Gasteiger partial charge in [-0.2, -0.15) is 13.1 Å². The van der Waals surface area contributed by atoms with Crippen molar-refractivity contribution in [3.05, 3.63) is 28.8 Å². The van der Waals surface area contributed by atoms with E-state index < -0.39 is 15.0 Å². The van der Waals surface area contributed by atoms with Gasteiger partial charge in [0.15, 0.2) is 0 Å². The third-order valence-corrected chi connectivity index (χ3v) is 2.22. The minimum Gasteiger partial charge on any atom is -0.358 e. The molecule has 0 spiro atoms. The molecule has 0 aliphatic carbocycles. The van der Waals surface area contributed by atoms with E-state index >= 15 is 0 Å². The molecule has 1 aromatic rings. The van der Waals surface area contributed by atoms with Crippen molar-refractivity contribution in [2.24, 2.45) is 0 Å². The number of nitrogens with zero attached hydrogens (tertiary/aromatic N) is 3. The van der Waals surface area contributed by atoms with Crippen LogP contribution in [-0.4, -0.2) is 29.4 Å². The van der Waals surface area contributed by atoms with Gasteiger partial charge in [0, 0.05) is 0 Å². The highest BCUT2D eigenvalue weighted by molar-refractivity contribution is 7.85. The van der Waals surface area contributed by atoms with Gasteiger partial charge in [0.25, 0.3) is 10.1 Å². The lowest BCUT2D eigenvalue weighted by Gasteiger charge is -2.00. The van der Waals surface area contributed by atoms with Crippen molar-refractivity contribution in [2.45, 2.75) is 13.2 Å². The molecule has 0 bridgehead atoms. The van der Waals surface area contributed by atoms with E-state index in [0.717, 1.165) is 12.3 Å². The SMILES string of the molecule is [CH2]Cn1nc([N+](=O)[O-])cc1COS(C)(=O)=O. The van der Waals surface area contributed by atoms with Gasteiger partial charge in [0.2, 0.25) is 0 Å². The summed E-state index contributed by atoms with van der Waals surface area (Å²) in [6.07, 6.45) is 0.895. The van der Waals surface area contributed by atoms with E-state index in [1.54, 1.807) is 0 Å². The Kier molecular flexibility index (Phi) is 3.60. The van der Waals surface area contributed by atoms with Crippen LogP contribution in [0.25, 0.3) is 0 Å². The van der Waals surface area contributed by atoms with Crippen LogP contribution in [-0.2, 0) is 27.5 Å². The summed E-state index contributed by atoms with van der Waals surface area (Å²) in [6.45, 7) is 3.36. The van der Waals surface area contributed by atoms with Crippen LogP contribution in [0, 0.1) is 17.0 Å². The molecule has 0 saturated carbocycles. The van der Waals surface area contributed by atoms with Gasteiger partial charge in [-0.25, -0.2) is 0 Å². The molecular weight excluding hydrogens is 238 g/mol. The lowest BCUT2D eigenvalue weighted by Crippen LogP contribution is -2.08. The van der Waals surface area contributed by atoms with Crippen LogP contribution in [0.2, 0.25) is 0 Å². The van der Waals surface area contributed by atoms with Gasteiger partial charge < -0.3 is 10.1 Å². The Balaban J connectivity index is 2.90. The zero-order valence-corrected chi connectivity index (χ0v) is 9.31. The molecule has 0 fully saturated rings. The van der Waals surface area contributed by atoms with Crippen molar-refractivity contribution in [3.63, 3.8) is 0 Å². The van der Waals surface area contributed by atoms with Gasteiger partial charge in [-0.05, 0) is 11.8 Å². The van der Waals surface area contributed by atoms with Crippen molar-refractivity contribution < 1.29 is 17.5 Å². The minimum atomic E-state index is -3.59. The zero-order valence-electron chi connectivity index (χ0n) is 8.49. The fourth-order valence-corrected chi connectivity index (χ4v) is 1.34. The van der Waals surface area contributed by atoms with E-state index in [-0.39, 0.29) is 24.7 Å². The summed E-state index contributed by atoms with van der Waals surface area (Å²) in [5.74, 6) is -0.365. The average Bonchev–Trinajstić information content (AvgIpc) is 2.56. The molecule has 0 aromatic carbocycles. The lowest BCUT2D eigenvalue weighted by molar-refractivity contribution is -0.389. The van der Waals surface area contributed by atoms with E-state index in [9.17, 15) is 18.5 Å². The maximum Gasteiger partial charge on any atom is 0.390 e. The third kappa shape index (κ3) is 3.28. The van der Waals surface area contributed by atoms with Gasteiger partial charge in [-0.15, -0.1) is 0 Å². The van der Waals surface area contributed by atoms with E-state index in [0.29, 0.717) is 0 Å². The highest BCUT2D eigenvalue weighted by Crippen LogP contribution is 2.13. The van der Waals surface area contributed by atoms with Gasteiger partial charge in [0.1, 0.15) is 6.61 Å². The number of hydrogen-bond donors (Lipinski definition) is 0. The molecule has 0 atom stereocenters. The highest BCUT2D eigenvalue weighted by Gasteiger charge is 2.18. The summed E-state index contributed by atoms with van der Waals surface area (Å²) in [5, 5.41) is 14.0. The summed E-state index contributed by atoms with van der Waals surface area (Å²) in [7, 11) is -3.59. The maximum atomic E-state index is 10.7. The average molecular weight is 248 g/mol. The smallest absolute Gasteiger partial charge is 0.358 e. The summed E-state index contributed by atoms with van der Waals surface area (Å²) < 4.78 is 27.2. The third-order valence-electron chi connectivity index (χ3n) is 1.67. The zero-order chi connectivity index (χ0) is 12.3. The van der Waals surface area contributed by atoms with Gasteiger partial charge in [-0.3, -0.25) is 4.18 Å². The second-order valence-corrected chi connectivity index (χ2v) is 4.58. The summed E-state index contributed by atoms with van der Waals surface area (Å²) in [4.78, 5) is 9.76. The Labute approximate surface area is 92.1 Å². The van der Waals surface area contributed by atoms with Crippen molar-refractivity contribution >= 4 is 15.9 Å². The molecule has 16 heavy (non-hydrogen) atoms. The van der Waals surface area contributed by atoms with Crippen molar-refractivity contribution in [3.8, 4) is 0 Å². The Hall–Kier alpha value is -1.48. The largest absolute Gasteiger partial charge is 0.390 e. The molecule has 0 unspecified atom stereocenters.